The molecule has 2 N–H and O–H groups in total. The molecule has 0 saturated carbocycles. The lowest BCUT2D eigenvalue weighted by molar-refractivity contribution is 0.0518. The number of fused-ring (bicyclic) bond motifs is 2. The van der Waals surface area contributed by atoms with Gasteiger partial charge in [0.25, 0.3) is 5.56 Å². The normalized spacial score (nSPS) is 15.5. The minimum Gasteiger partial charge on any atom is -0.496 e. The van der Waals surface area contributed by atoms with Crippen LogP contribution in [0.2, 0.25) is 5.02 Å². The standard InChI is InChI=1S/C29H28Cl2N4O5.C2H6/c1-4-40-29(38)25-26-24(32-18-14-22(31)28(37)34(15-18)11-12-36)19-10-9-17(30)13-21(19)16(2)35(26)27(33-25)20-7-5-6-8-23(20)39-3;1-2/h5-10,14-15,24,32,36H,4,11-13H2,1-3H3;1-2H3. The molecule has 3 aromatic rings. The summed E-state index contributed by atoms with van der Waals surface area (Å²) in [6.45, 7) is 7.73. The van der Waals surface area contributed by atoms with Crippen molar-refractivity contribution in [3.63, 3.8) is 0 Å². The molecular formula is C31H34Cl2N4O5. The number of pyridine rings is 1. The van der Waals surface area contributed by atoms with E-state index in [9.17, 15) is 14.7 Å². The molecule has 3 heterocycles. The Balaban J connectivity index is 0.00000198. The molecule has 42 heavy (non-hydrogen) atoms. The Kier molecular flexibility index (Phi) is 9.98. The molecule has 1 aliphatic carbocycles. The van der Waals surface area contributed by atoms with Gasteiger partial charge in [-0.1, -0.05) is 55.3 Å². The van der Waals surface area contributed by atoms with Crippen molar-refractivity contribution in [3.05, 3.63) is 91.6 Å². The van der Waals surface area contributed by atoms with Crippen LogP contribution in [-0.4, -0.2) is 45.5 Å². The Morgan fingerprint density at radius 3 is 2.64 bits per heavy atom. The number of hydrogen-bond donors (Lipinski definition) is 2. The second-order valence-electron chi connectivity index (χ2n) is 9.28. The van der Waals surface area contributed by atoms with Crippen LogP contribution in [0, 0.1) is 0 Å². The third-order valence-corrected chi connectivity index (χ3v) is 7.45. The number of carbonyl (C=O) groups excluding carboxylic acids is 1. The second-order valence-corrected chi connectivity index (χ2v) is 10.2. The summed E-state index contributed by atoms with van der Waals surface area (Å²) in [5.74, 6) is 0.544. The van der Waals surface area contributed by atoms with Gasteiger partial charge in [0.2, 0.25) is 0 Å². The van der Waals surface area contributed by atoms with Crippen LogP contribution in [-0.2, 0) is 11.3 Å². The number of aliphatic hydroxyl groups excluding tert-OH is 1. The molecule has 0 spiro atoms. The lowest BCUT2D eigenvalue weighted by Crippen LogP contribution is -2.28. The van der Waals surface area contributed by atoms with Crippen molar-refractivity contribution in [2.45, 2.75) is 46.7 Å². The Morgan fingerprint density at radius 2 is 1.95 bits per heavy atom. The number of anilines is 1. The molecule has 11 heteroatoms. The number of imidazole rings is 1. The molecule has 0 bridgehead atoms. The first kappa shape index (κ1) is 31.2. The van der Waals surface area contributed by atoms with Crippen molar-refractivity contribution in [3.8, 4) is 17.1 Å². The van der Waals surface area contributed by atoms with Gasteiger partial charge in [-0.05, 0) is 49.3 Å². The molecule has 222 valence electrons. The molecule has 1 aromatic carbocycles. The molecule has 2 aromatic heterocycles. The highest BCUT2D eigenvalue weighted by molar-refractivity contribution is 6.30. The number of rotatable bonds is 8. The van der Waals surface area contributed by atoms with Gasteiger partial charge < -0.3 is 24.5 Å². The van der Waals surface area contributed by atoms with Crippen molar-refractivity contribution in [1.82, 2.24) is 14.1 Å². The summed E-state index contributed by atoms with van der Waals surface area (Å²) in [5, 5.41) is 13.6. The monoisotopic (exact) mass is 612 g/mol. The highest BCUT2D eigenvalue weighted by Crippen LogP contribution is 2.47. The summed E-state index contributed by atoms with van der Waals surface area (Å²) >= 11 is 12.8. The van der Waals surface area contributed by atoms with Crippen LogP contribution in [0.3, 0.4) is 0 Å². The number of para-hydroxylation sites is 1. The average molecular weight is 614 g/mol. The molecular weight excluding hydrogens is 579 g/mol. The number of allylic oxidation sites excluding steroid dienone is 4. The summed E-state index contributed by atoms with van der Waals surface area (Å²) in [6.07, 6.45) is 5.83. The number of hydrogen-bond acceptors (Lipinski definition) is 7. The van der Waals surface area contributed by atoms with E-state index < -0.39 is 17.6 Å². The molecule has 1 atom stereocenters. The van der Waals surface area contributed by atoms with E-state index in [1.54, 1.807) is 20.2 Å². The molecule has 0 radical (unpaired) electrons. The smallest absolute Gasteiger partial charge is 0.358 e. The van der Waals surface area contributed by atoms with Crippen molar-refractivity contribution >= 4 is 40.6 Å². The molecule has 0 saturated heterocycles. The van der Waals surface area contributed by atoms with Gasteiger partial charge in [-0.15, -0.1) is 0 Å². The van der Waals surface area contributed by atoms with Crippen molar-refractivity contribution < 1.29 is 19.4 Å². The molecule has 2 aliphatic rings. The first-order chi connectivity index (χ1) is 20.3. The van der Waals surface area contributed by atoms with Gasteiger partial charge in [0.15, 0.2) is 5.69 Å². The molecule has 9 nitrogen and oxygen atoms in total. The van der Waals surface area contributed by atoms with E-state index in [1.165, 1.54) is 10.6 Å². The van der Waals surface area contributed by atoms with Gasteiger partial charge in [0.1, 0.15) is 16.6 Å². The van der Waals surface area contributed by atoms with Crippen LogP contribution < -0.4 is 15.6 Å². The lowest BCUT2D eigenvalue weighted by atomic mass is 9.85. The van der Waals surface area contributed by atoms with Crippen LogP contribution in [0.25, 0.3) is 17.1 Å². The SMILES string of the molecule is CC.CCOC(=O)c1nc(-c2ccccc2OC)n2c1C(Nc1cc(Cl)c(=O)n(CCO)c1)C1=CC=C(Cl)CC1=C2C. The highest BCUT2D eigenvalue weighted by Gasteiger charge is 2.39. The van der Waals surface area contributed by atoms with E-state index in [1.807, 2.05) is 61.8 Å². The number of nitrogens with zero attached hydrogens (tertiary/aromatic N) is 3. The van der Waals surface area contributed by atoms with Gasteiger partial charge in [0, 0.05) is 29.9 Å². The van der Waals surface area contributed by atoms with Gasteiger partial charge >= 0.3 is 5.97 Å². The van der Waals surface area contributed by atoms with Gasteiger partial charge in [-0.2, -0.15) is 0 Å². The number of benzene rings is 1. The Bertz CT molecular complexity index is 1650. The van der Waals surface area contributed by atoms with Crippen LogP contribution >= 0.6 is 23.2 Å². The number of carbonyl (C=O) groups is 1. The largest absolute Gasteiger partial charge is 0.496 e. The second kappa shape index (κ2) is 13.5. The predicted molar refractivity (Wildman–Crippen MR) is 166 cm³/mol. The Morgan fingerprint density at radius 1 is 1.21 bits per heavy atom. The number of ether oxygens (including phenoxy) is 2. The van der Waals surface area contributed by atoms with Crippen LogP contribution in [0.15, 0.2) is 69.7 Å². The van der Waals surface area contributed by atoms with Crippen LogP contribution in [0.4, 0.5) is 5.69 Å². The van der Waals surface area contributed by atoms with Crippen molar-refractivity contribution in [2.75, 3.05) is 25.6 Å². The molecule has 0 amide bonds. The summed E-state index contributed by atoms with van der Waals surface area (Å²) in [7, 11) is 1.58. The van der Waals surface area contributed by atoms with Crippen LogP contribution in [0.1, 0.15) is 56.3 Å². The molecule has 5 rings (SSSR count). The third kappa shape index (κ3) is 5.77. The van der Waals surface area contributed by atoms with Gasteiger partial charge in [-0.25, -0.2) is 9.78 Å². The van der Waals surface area contributed by atoms with E-state index in [4.69, 9.17) is 37.7 Å². The summed E-state index contributed by atoms with van der Waals surface area (Å²) < 4.78 is 14.4. The Labute approximate surface area is 254 Å². The zero-order valence-electron chi connectivity index (χ0n) is 24.2. The zero-order valence-corrected chi connectivity index (χ0v) is 25.7. The van der Waals surface area contributed by atoms with Crippen LogP contribution in [0.5, 0.6) is 5.75 Å². The van der Waals surface area contributed by atoms with E-state index in [-0.39, 0.29) is 30.5 Å². The van der Waals surface area contributed by atoms with E-state index in [0.717, 1.165) is 16.8 Å². The number of methoxy groups -OCH3 is 1. The maximum absolute atomic E-state index is 13.4. The van der Waals surface area contributed by atoms with Gasteiger partial charge in [-0.3, -0.25) is 9.36 Å². The predicted octanol–water partition coefficient (Wildman–Crippen LogP) is 6.42. The molecule has 1 unspecified atom stereocenters. The minimum atomic E-state index is -0.591. The van der Waals surface area contributed by atoms with E-state index in [2.05, 4.69) is 5.32 Å². The average Bonchev–Trinajstić information content (AvgIpc) is 3.40. The first-order valence-electron chi connectivity index (χ1n) is 13.8. The fourth-order valence-electron chi connectivity index (χ4n) is 5.16. The maximum atomic E-state index is 13.4. The zero-order chi connectivity index (χ0) is 30.6. The summed E-state index contributed by atoms with van der Waals surface area (Å²) in [4.78, 5) is 30.7. The van der Waals surface area contributed by atoms with E-state index >= 15 is 0 Å². The number of halogens is 2. The quantitative estimate of drug-likeness (QED) is 0.283. The van der Waals surface area contributed by atoms with E-state index in [0.29, 0.717) is 40.0 Å². The fourth-order valence-corrected chi connectivity index (χ4v) is 5.59. The van der Waals surface area contributed by atoms with Crippen molar-refractivity contribution in [1.29, 1.82) is 0 Å². The topological polar surface area (TPSA) is 108 Å². The first-order valence-corrected chi connectivity index (χ1v) is 14.5. The highest BCUT2D eigenvalue weighted by atomic mass is 35.5. The minimum absolute atomic E-state index is 0.00407. The lowest BCUT2D eigenvalue weighted by Gasteiger charge is -2.34. The fraction of sp³-hybridized carbons (Fsp3) is 0.323. The summed E-state index contributed by atoms with van der Waals surface area (Å²) in [6, 6.07) is 8.39. The number of aromatic nitrogens is 3. The molecule has 1 aliphatic heterocycles. The number of nitrogens with one attached hydrogen (secondary N) is 1. The number of esters is 1. The van der Waals surface area contributed by atoms with Crippen molar-refractivity contribution in [2.24, 2.45) is 0 Å². The maximum Gasteiger partial charge on any atom is 0.358 e. The molecule has 0 fully saturated rings. The Hall–Kier alpha value is -3.79. The third-order valence-electron chi connectivity index (χ3n) is 6.92. The summed E-state index contributed by atoms with van der Waals surface area (Å²) in [5.41, 5.74) is 4.24. The van der Waals surface area contributed by atoms with Gasteiger partial charge in [0.05, 0.1) is 43.3 Å². The number of aliphatic hydroxyl groups is 1.